The molecule has 36 heavy (non-hydrogen) atoms. The fraction of sp³-hybridized carbons (Fsp3) is 0.462. The maximum atomic E-state index is 13.6. The van der Waals surface area contributed by atoms with Crippen molar-refractivity contribution in [2.24, 2.45) is 0 Å². The summed E-state index contributed by atoms with van der Waals surface area (Å²) in [4.78, 5) is 28.2. The first-order valence-electron chi connectivity index (χ1n) is 12.0. The van der Waals surface area contributed by atoms with Crippen LogP contribution in [0.2, 0.25) is 5.02 Å². The Labute approximate surface area is 218 Å². The lowest BCUT2D eigenvalue weighted by Crippen LogP contribution is -2.52. The number of carbonyl (C=O) groups is 2. The average Bonchev–Trinajstić information content (AvgIpc) is 2.85. The first kappa shape index (κ1) is 27.8. The topological polar surface area (TPSA) is 96.0 Å². The lowest BCUT2D eigenvalue weighted by molar-refractivity contribution is -0.139. The van der Waals surface area contributed by atoms with Gasteiger partial charge in [-0.05, 0) is 55.7 Å². The third-order valence-corrected chi connectivity index (χ3v) is 7.78. The van der Waals surface area contributed by atoms with Crippen molar-refractivity contribution in [3.8, 4) is 5.75 Å². The van der Waals surface area contributed by atoms with Crippen LogP contribution in [-0.2, 0) is 26.2 Å². The lowest BCUT2D eigenvalue weighted by atomic mass is 9.95. The van der Waals surface area contributed by atoms with Crippen molar-refractivity contribution in [1.82, 2.24) is 10.2 Å². The van der Waals surface area contributed by atoms with Crippen LogP contribution >= 0.6 is 11.6 Å². The van der Waals surface area contributed by atoms with Gasteiger partial charge in [-0.1, -0.05) is 49.1 Å². The molecule has 3 rings (SSSR count). The van der Waals surface area contributed by atoms with Crippen LogP contribution < -0.4 is 14.4 Å². The molecule has 0 spiro atoms. The van der Waals surface area contributed by atoms with Crippen molar-refractivity contribution < 1.29 is 22.7 Å². The third kappa shape index (κ3) is 7.61. The quantitative estimate of drug-likeness (QED) is 0.496. The summed E-state index contributed by atoms with van der Waals surface area (Å²) in [7, 11) is -2.24. The van der Waals surface area contributed by atoms with Gasteiger partial charge in [-0.3, -0.25) is 13.9 Å². The van der Waals surface area contributed by atoms with Crippen molar-refractivity contribution in [1.29, 1.82) is 0 Å². The Hall–Kier alpha value is -2.78. The second kappa shape index (κ2) is 12.5. The number of nitrogens with one attached hydrogen (secondary N) is 1. The molecule has 1 aliphatic rings. The summed E-state index contributed by atoms with van der Waals surface area (Å²) >= 11 is 6.07. The molecule has 1 saturated carbocycles. The van der Waals surface area contributed by atoms with Crippen LogP contribution in [0, 0.1) is 0 Å². The molecule has 0 heterocycles. The summed E-state index contributed by atoms with van der Waals surface area (Å²) in [5.41, 5.74) is 1.07. The number of rotatable bonds is 10. The smallest absolute Gasteiger partial charge is 0.244 e. The molecule has 0 aliphatic heterocycles. The zero-order valence-electron chi connectivity index (χ0n) is 20.9. The van der Waals surface area contributed by atoms with Gasteiger partial charge < -0.3 is 15.0 Å². The molecular weight excluding hydrogens is 502 g/mol. The van der Waals surface area contributed by atoms with Crippen LogP contribution in [0.25, 0.3) is 0 Å². The van der Waals surface area contributed by atoms with Gasteiger partial charge in [0.1, 0.15) is 18.3 Å². The maximum Gasteiger partial charge on any atom is 0.244 e. The number of benzene rings is 2. The fourth-order valence-electron chi connectivity index (χ4n) is 4.32. The minimum atomic E-state index is -3.80. The first-order chi connectivity index (χ1) is 17.1. The Morgan fingerprint density at radius 3 is 2.36 bits per heavy atom. The van der Waals surface area contributed by atoms with Crippen LogP contribution in [0.1, 0.15) is 44.6 Å². The van der Waals surface area contributed by atoms with E-state index in [9.17, 15) is 18.0 Å². The minimum absolute atomic E-state index is 0.0885. The second-order valence-electron chi connectivity index (χ2n) is 9.14. The van der Waals surface area contributed by atoms with E-state index in [4.69, 9.17) is 16.3 Å². The van der Waals surface area contributed by atoms with Crippen molar-refractivity contribution in [3.63, 3.8) is 0 Å². The Morgan fingerprint density at radius 2 is 1.78 bits per heavy atom. The Bertz CT molecular complexity index is 1150. The summed E-state index contributed by atoms with van der Waals surface area (Å²) in [6, 6.07) is 12.8. The molecule has 10 heteroatoms. The number of amides is 2. The normalized spacial score (nSPS) is 15.1. The summed E-state index contributed by atoms with van der Waals surface area (Å²) in [5.74, 6) is -0.0798. The van der Waals surface area contributed by atoms with E-state index >= 15 is 0 Å². The fourth-order valence-corrected chi connectivity index (χ4v) is 5.35. The van der Waals surface area contributed by atoms with E-state index in [2.05, 4.69) is 5.32 Å². The van der Waals surface area contributed by atoms with Gasteiger partial charge >= 0.3 is 0 Å². The van der Waals surface area contributed by atoms with Gasteiger partial charge in [0.25, 0.3) is 0 Å². The van der Waals surface area contributed by atoms with Gasteiger partial charge in [0.15, 0.2) is 0 Å². The summed E-state index contributed by atoms with van der Waals surface area (Å²) in [5, 5.41) is 3.43. The number of anilines is 1. The third-order valence-electron chi connectivity index (χ3n) is 6.41. The molecule has 1 atom stereocenters. The average molecular weight is 536 g/mol. The number of hydrogen-bond acceptors (Lipinski definition) is 5. The summed E-state index contributed by atoms with van der Waals surface area (Å²) in [6.45, 7) is 1.34. The summed E-state index contributed by atoms with van der Waals surface area (Å²) < 4.78 is 31.5. The number of nitrogens with zero attached hydrogens (tertiary/aromatic N) is 2. The van der Waals surface area contributed by atoms with Crippen molar-refractivity contribution in [2.75, 3.05) is 24.2 Å². The lowest BCUT2D eigenvalue weighted by Gasteiger charge is -2.33. The Balaban J connectivity index is 1.86. The van der Waals surface area contributed by atoms with Gasteiger partial charge in [-0.2, -0.15) is 0 Å². The van der Waals surface area contributed by atoms with Gasteiger partial charge in [0, 0.05) is 17.6 Å². The molecule has 8 nitrogen and oxygen atoms in total. The van der Waals surface area contributed by atoms with Crippen molar-refractivity contribution in [3.05, 3.63) is 59.1 Å². The largest absolute Gasteiger partial charge is 0.497 e. The highest BCUT2D eigenvalue weighted by Crippen LogP contribution is 2.23. The predicted octanol–water partition coefficient (Wildman–Crippen LogP) is 3.98. The van der Waals surface area contributed by atoms with E-state index in [0.717, 1.165) is 48.2 Å². The Kier molecular flexibility index (Phi) is 9.62. The number of sulfonamides is 1. The van der Waals surface area contributed by atoms with Gasteiger partial charge in [0.2, 0.25) is 21.8 Å². The van der Waals surface area contributed by atoms with Crippen molar-refractivity contribution in [2.45, 2.75) is 57.7 Å². The molecule has 2 amide bonds. The van der Waals surface area contributed by atoms with Crippen LogP contribution in [0.4, 0.5) is 5.69 Å². The minimum Gasteiger partial charge on any atom is -0.497 e. The number of hydrogen-bond donors (Lipinski definition) is 1. The SMILES string of the molecule is COc1ccc(CN(C(=O)CN(c2cccc(Cl)c2)S(C)(=O)=O)C(C)C(=O)NC2CCCCC2)cc1. The van der Waals surface area contributed by atoms with E-state index in [1.807, 2.05) is 12.1 Å². The monoisotopic (exact) mass is 535 g/mol. The number of methoxy groups -OCH3 is 1. The van der Waals surface area contributed by atoms with E-state index in [1.165, 1.54) is 11.0 Å². The van der Waals surface area contributed by atoms with E-state index in [-0.39, 0.29) is 24.2 Å². The zero-order valence-corrected chi connectivity index (χ0v) is 22.5. The van der Waals surface area contributed by atoms with Crippen LogP contribution in [0.15, 0.2) is 48.5 Å². The van der Waals surface area contributed by atoms with Gasteiger partial charge in [0.05, 0.1) is 19.1 Å². The van der Waals surface area contributed by atoms with E-state index < -0.39 is 28.5 Å². The highest BCUT2D eigenvalue weighted by Gasteiger charge is 2.31. The van der Waals surface area contributed by atoms with E-state index in [0.29, 0.717) is 10.8 Å². The predicted molar refractivity (Wildman–Crippen MR) is 142 cm³/mol. The van der Waals surface area contributed by atoms with Crippen molar-refractivity contribution >= 4 is 39.1 Å². The van der Waals surface area contributed by atoms with Gasteiger partial charge in [-0.25, -0.2) is 8.42 Å². The molecule has 1 fully saturated rings. The molecule has 0 aromatic heterocycles. The molecule has 0 saturated heterocycles. The number of ether oxygens (including phenoxy) is 1. The zero-order chi connectivity index (χ0) is 26.3. The second-order valence-corrected chi connectivity index (χ2v) is 11.5. The number of halogens is 1. The van der Waals surface area contributed by atoms with Crippen LogP contribution in [0.5, 0.6) is 5.75 Å². The van der Waals surface area contributed by atoms with E-state index in [1.54, 1.807) is 44.4 Å². The molecule has 1 unspecified atom stereocenters. The molecule has 0 radical (unpaired) electrons. The van der Waals surface area contributed by atoms with Crippen LogP contribution in [-0.4, -0.2) is 57.1 Å². The molecule has 196 valence electrons. The summed E-state index contributed by atoms with van der Waals surface area (Å²) in [6.07, 6.45) is 6.17. The number of carbonyl (C=O) groups excluding carboxylic acids is 2. The molecule has 1 aliphatic carbocycles. The van der Waals surface area contributed by atoms with Crippen LogP contribution in [0.3, 0.4) is 0 Å². The molecule has 2 aromatic rings. The molecule has 2 aromatic carbocycles. The first-order valence-corrected chi connectivity index (χ1v) is 14.3. The molecule has 1 N–H and O–H groups in total. The highest BCUT2D eigenvalue weighted by molar-refractivity contribution is 7.92. The maximum absolute atomic E-state index is 13.6. The molecular formula is C26H34ClN3O5S. The Morgan fingerprint density at radius 1 is 1.11 bits per heavy atom. The van der Waals surface area contributed by atoms with Gasteiger partial charge in [-0.15, -0.1) is 0 Å². The highest BCUT2D eigenvalue weighted by atomic mass is 35.5. The molecule has 0 bridgehead atoms. The standard InChI is InChI=1S/C26H34ClN3O5S/c1-19(26(32)28-22-9-5-4-6-10-22)29(17-20-12-14-24(35-2)15-13-20)25(31)18-30(36(3,33)34)23-11-7-8-21(27)16-23/h7-8,11-16,19,22H,4-6,9-10,17-18H2,1-3H3,(H,28,32).